The maximum Gasteiger partial charge on any atom is 0.418 e. The van der Waals surface area contributed by atoms with E-state index in [1.54, 1.807) is 0 Å². The number of alkyl halides is 3. The number of hydrogen-bond acceptors (Lipinski definition) is 2. The van der Waals surface area contributed by atoms with Crippen molar-refractivity contribution in [3.63, 3.8) is 0 Å². The fourth-order valence-electron chi connectivity index (χ4n) is 1.48. The van der Waals surface area contributed by atoms with E-state index < -0.39 is 18.3 Å². The molecule has 0 fully saturated rings. The summed E-state index contributed by atoms with van der Waals surface area (Å²) in [6.07, 6.45) is -3.34. The molecule has 2 aromatic rings. The number of fused-ring (bicyclic) bond motifs is 1. The average molecular weight is 251 g/mol. The Balaban J connectivity index is 2.84. The molecule has 0 unspecified atom stereocenters. The van der Waals surface area contributed by atoms with Gasteiger partial charge < -0.3 is 5.11 Å². The van der Waals surface area contributed by atoms with Crippen molar-refractivity contribution in [1.29, 1.82) is 0 Å². The third-order valence-electron chi connectivity index (χ3n) is 2.17. The Morgan fingerprint density at radius 1 is 1.38 bits per heavy atom. The second-order valence-electron chi connectivity index (χ2n) is 3.16. The predicted octanol–water partition coefficient (Wildman–Crippen LogP) is 2.50. The molecule has 0 aromatic carbocycles. The summed E-state index contributed by atoms with van der Waals surface area (Å²) < 4.78 is 39.0. The number of pyridine rings is 1. The fraction of sp³-hybridized carbons (Fsp3) is 0.222. The van der Waals surface area contributed by atoms with Crippen LogP contribution in [0.25, 0.3) is 5.52 Å². The highest BCUT2D eigenvalue weighted by Crippen LogP contribution is 2.35. The van der Waals surface area contributed by atoms with E-state index in [-0.39, 0.29) is 16.2 Å². The van der Waals surface area contributed by atoms with E-state index in [0.29, 0.717) is 0 Å². The van der Waals surface area contributed by atoms with Crippen molar-refractivity contribution >= 4 is 17.1 Å². The quantitative estimate of drug-likeness (QED) is 0.790. The van der Waals surface area contributed by atoms with E-state index in [4.69, 9.17) is 16.7 Å². The molecule has 0 aliphatic carbocycles. The van der Waals surface area contributed by atoms with Gasteiger partial charge in [0.2, 0.25) is 0 Å². The molecule has 16 heavy (non-hydrogen) atoms. The number of aliphatic hydroxyl groups is 1. The Hall–Kier alpha value is -1.27. The van der Waals surface area contributed by atoms with Crippen LogP contribution in [0.15, 0.2) is 18.3 Å². The standard InChI is InChI=1S/C9H6ClF3N2O/c10-7-2-1-6(9(11,12)13)8-5(4-16)3-14-15(7)8/h1-3,16H,4H2. The number of halogens is 4. The van der Waals surface area contributed by atoms with Gasteiger partial charge in [-0.2, -0.15) is 18.3 Å². The zero-order chi connectivity index (χ0) is 11.9. The van der Waals surface area contributed by atoms with Gasteiger partial charge in [-0.25, -0.2) is 4.52 Å². The molecule has 0 aliphatic heterocycles. The normalized spacial score (nSPS) is 12.3. The smallest absolute Gasteiger partial charge is 0.392 e. The summed E-state index contributed by atoms with van der Waals surface area (Å²) in [6, 6.07) is 1.99. The van der Waals surface area contributed by atoms with Crippen LogP contribution in [0.4, 0.5) is 13.2 Å². The van der Waals surface area contributed by atoms with Gasteiger partial charge in [0, 0.05) is 5.56 Å². The minimum Gasteiger partial charge on any atom is -0.392 e. The van der Waals surface area contributed by atoms with Gasteiger partial charge >= 0.3 is 6.18 Å². The first kappa shape index (κ1) is 11.2. The van der Waals surface area contributed by atoms with Gasteiger partial charge in [-0.3, -0.25) is 0 Å². The number of aliphatic hydroxyl groups excluding tert-OH is 1. The number of nitrogens with zero attached hydrogens (tertiary/aromatic N) is 2. The summed E-state index contributed by atoms with van der Waals surface area (Å²) in [6.45, 7) is -0.521. The van der Waals surface area contributed by atoms with Crippen LogP contribution in [-0.2, 0) is 12.8 Å². The molecule has 86 valence electrons. The molecule has 1 N–H and O–H groups in total. The second-order valence-corrected chi connectivity index (χ2v) is 3.54. The Labute approximate surface area is 93.1 Å². The molecule has 0 saturated carbocycles. The van der Waals surface area contributed by atoms with Crippen LogP contribution in [0.5, 0.6) is 0 Å². The van der Waals surface area contributed by atoms with Gasteiger partial charge in [-0.1, -0.05) is 11.6 Å². The molecule has 0 radical (unpaired) electrons. The van der Waals surface area contributed by atoms with Gasteiger partial charge in [-0.15, -0.1) is 0 Å². The van der Waals surface area contributed by atoms with E-state index in [2.05, 4.69) is 5.10 Å². The number of aromatic nitrogens is 2. The molecule has 0 spiro atoms. The molecule has 0 aliphatic rings. The third-order valence-corrected chi connectivity index (χ3v) is 2.45. The molecule has 3 nitrogen and oxygen atoms in total. The summed E-state index contributed by atoms with van der Waals surface area (Å²) in [5.41, 5.74) is -0.976. The number of rotatable bonds is 1. The largest absolute Gasteiger partial charge is 0.418 e. The van der Waals surface area contributed by atoms with Crippen LogP contribution in [0, 0.1) is 0 Å². The maximum absolute atomic E-state index is 12.7. The molecular formula is C9H6ClF3N2O. The molecule has 0 atom stereocenters. The van der Waals surface area contributed by atoms with Crippen molar-refractivity contribution in [2.75, 3.05) is 0 Å². The van der Waals surface area contributed by atoms with Crippen LogP contribution in [-0.4, -0.2) is 14.7 Å². The fourth-order valence-corrected chi connectivity index (χ4v) is 1.67. The van der Waals surface area contributed by atoms with E-state index in [1.165, 1.54) is 0 Å². The Morgan fingerprint density at radius 2 is 2.06 bits per heavy atom. The molecule has 0 saturated heterocycles. The highest BCUT2D eigenvalue weighted by atomic mass is 35.5. The van der Waals surface area contributed by atoms with Crippen LogP contribution >= 0.6 is 11.6 Å². The zero-order valence-corrected chi connectivity index (χ0v) is 8.55. The van der Waals surface area contributed by atoms with Crippen molar-refractivity contribution in [1.82, 2.24) is 9.61 Å². The lowest BCUT2D eigenvalue weighted by atomic mass is 10.1. The van der Waals surface area contributed by atoms with Crippen molar-refractivity contribution in [3.05, 3.63) is 34.6 Å². The highest BCUT2D eigenvalue weighted by Gasteiger charge is 2.34. The maximum atomic E-state index is 12.7. The Bertz CT molecular complexity index is 535. The highest BCUT2D eigenvalue weighted by molar-refractivity contribution is 6.29. The Morgan fingerprint density at radius 3 is 2.62 bits per heavy atom. The third kappa shape index (κ3) is 1.64. The molecule has 2 heterocycles. The summed E-state index contributed by atoms with van der Waals surface area (Å²) in [5.74, 6) is 0. The van der Waals surface area contributed by atoms with Crippen LogP contribution in [0.2, 0.25) is 5.15 Å². The van der Waals surface area contributed by atoms with Crippen LogP contribution in [0.1, 0.15) is 11.1 Å². The average Bonchev–Trinajstić information content (AvgIpc) is 2.60. The molecule has 0 bridgehead atoms. The van der Waals surface area contributed by atoms with E-state index in [9.17, 15) is 13.2 Å². The van der Waals surface area contributed by atoms with Crippen molar-refractivity contribution in [2.45, 2.75) is 12.8 Å². The Kier molecular flexibility index (Phi) is 2.55. The van der Waals surface area contributed by atoms with E-state index in [0.717, 1.165) is 22.8 Å². The molecule has 7 heteroatoms. The second kappa shape index (κ2) is 3.64. The van der Waals surface area contributed by atoms with Crippen LogP contribution in [0.3, 0.4) is 0 Å². The molecule has 2 rings (SSSR count). The summed E-state index contributed by atoms with van der Waals surface area (Å²) in [4.78, 5) is 0. The van der Waals surface area contributed by atoms with Crippen LogP contribution < -0.4 is 0 Å². The van der Waals surface area contributed by atoms with Gasteiger partial charge in [0.15, 0.2) is 0 Å². The predicted molar refractivity (Wildman–Crippen MR) is 51.1 cm³/mol. The minimum absolute atomic E-state index is 0.0581. The first-order valence-corrected chi connectivity index (χ1v) is 4.66. The monoisotopic (exact) mass is 250 g/mol. The van der Waals surface area contributed by atoms with E-state index in [1.807, 2.05) is 0 Å². The first-order chi connectivity index (χ1) is 7.45. The number of hydrogen-bond donors (Lipinski definition) is 1. The lowest BCUT2D eigenvalue weighted by Crippen LogP contribution is -2.08. The van der Waals surface area contributed by atoms with Gasteiger partial charge in [0.1, 0.15) is 5.15 Å². The van der Waals surface area contributed by atoms with Gasteiger partial charge in [0.25, 0.3) is 0 Å². The molecule has 0 amide bonds. The van der Waals surface area contributed by atoms with Gasteiger partial charge in [-0.05, 0) is 12.1 Å². The van der Waals surface area contributed by atoms with Crippen molar-refractivity contribution in [2.24, 2.45) is 0 Å². The summed E-state index contributed by atoms with van der Waals surface area (Å²) in [7, 11) is 0. The SMILES string of the molecule is OCc1cnn2c(Cl)ccc(C(F)(F)F)c12. The topological polar surface area (TPSA) is 37.5 Å². The summed E-state index contributed by atoms with van der Waals surface area (Å²) >= 11 is 5.70. The van der Waals surface area contributed by atoms with Crippen molar-refractivity contribution in [3.8, 4) is 0 Å². The molecule has 2 aromatic heterocycles. The van der Waals surface area contributed by atoms with Crippen molar-refractivity contribution < 1.29 is 18.3 Å². The van der Waals surface area contributed by atoms with Gasteiger partial charge in [0.05, 0.1) is 23.9 Å². The molecular weight excluding hydrogens is 245 g/mol. The zero-order valence-electron chi connectivity index (χ0n) is 7.79. The minimum atomic E-state index is -4.50. The van der Waals surface area contributed by atoms with E-state index >= 15 is 0 Å². The first-order valence-electron chi connectivity index (χ1n) is 4.28. The summed E-state index contributed by atoms with van der Waals surface area (Å²) in [5, 5.41) is 12.7. The lowest BCUT2D eigenvalue weighted by Gasteiger charge is -2.10. The lowest BCUT2D eigenvalue weighted by molar-refractivity contribution is -0.136.